The number of carbonyl (C=O) groups excluding carboxylic acids is 1. The summed E-state index contributed by atoms with van der Waals surface area (Å²) >= 11 is 0. The molecule has 1 aromatic heterocycles. The molecule has 0 atom stereocenters. The number of aryl methyl sites for hydroxylation is 1. The molecule has 4 nitrogen and oxygen atoms in total. The van der Waals surface area contributed by atoms with Gasteiger partial charge in [0.05, 0.1) is 0 Å². The van der Waals surface area contributed by atoms with E-state index in [1.807, 2.05) is 13.8 Å². The molecule has 0 unspecified atom stereocenters. The lowest BCUT2D eigenvalue weighted by atomic mass is 9.64. The Bertz CT molecular complexity index is 528. The lowest BCUT2D eigenvalue weighted by Gasteiger charge is -2.47. The molecule has 0 aromatic carbocycles. The van der Waals surface area contributed by atoms with Crippen molar-refractivity contribution in [2.24, 2.45) is 5.41 Å². The molecule has 0 spiro atoms. The highest BCUT2D eigenvalue weighted by molar-refractivity contribution is 5.94. The van der Waals surface area contributed by atoms with Crippen LogP contribution in [0.15, 0.2) is 4.52 Å². The van der Waals surface area contributed by atoms with Gasteiger partial charge in [-0.3, -0.25) is 4.79 Å². The summed E-state index contributed by atoms with van der Waals surface area (Å²) in [6, 6.07) is 0. The van der Waals surface area contributed by atoms with Gasteiger partial charge in [-0.25, -0.2) is 0 Å². The third kappa shape index (κ3) is 4.20. The number of rotatable bonds is 10. The third-order valence-electron chi connectivity index (χ3n) is 5.92. The van der Waals surface area contributed by atoms with Crippen LogP contribution in [-0.2, 0) is 6.42 Å². The monoisotopic (exact) mass is 336 g/mol. The predicted octanol–water partition coefficient (Wildman–Crippen LogP) is 5.44. The van der Waals surface area contributed by atoms with E-state index in [0.717, 1.165) is 37.0 Å². The lowest BCUT2D eigenvalue weighted by Crippen LogP contribution is -2.56. The van der Waals surface area contributed by atoms with Crippen molar-refractivity contribution < 1.29 is 9.32 Å². The Morgan fingerprint density at radius 1 is 1.12 bits per heavy atom. The van der Waals surface area contributed by atoms with Crippen LogP contribution in [0.25, 0.3) is 0 Å². The Labute approximate surface area is 147 Å². The molecule has 0 saturated heterocycles. The Kier molecular flexibility index (Phi) is 7.50. The minimum atomic E-state index is -0.293. The summed E-state index contributed by atoms with van der Waals surface area (Å²) in [5, 5.41) is 7.25. The zero-order valence-electron chi connectivity index (χ0n) is 16.7. The Hall–Kier alpha value is -1.32. The van der Waals surface area contributed by atoms with E-state index in [1.54, 1.807) is 0 Å². The van der Waals surface area contributed by atoms with Gasteiger partial charge in [0.15, 0.2) is 5.69 Å². The van der Waals surface area contributed by atoms with Crippen molar-refractivity contribution in [2.45, 2.75) is 99.0 Å². The second kappa shape index (κ2) is 8.68. The normalized spacial score (nSPS) is 12.5. The largest absolute Gasteiger partial charge is 0.360 e. The zero-order chi connectivity index (χ0) is 18.4. The second-order valence-corrected chi connectivity index (χ2v) is 7.46. The molecule has 0 fully saturated rings. The molecule has 24 heavy (non-hydrogen) atoms. The standard InChI is InChI=1S/C20H36N2O2/c1-8-12-13-14-20(10-3,11-4)19(6,7)21-18(23)17-15(5)16(9-2)24-22-17/h8-14H2,1-7H3,(H,21,23). The van der Waals surface area contributed by atoms with Gasteiger partial charge in [-0.15, -0.1) is 0 Å². The third-order valence-corrected chi connectivity index (χ3v) is 5.92. The molecule has 0 aliphatic heterocycles. The smallest absolute Gasteiger partial charge is 0.274 e. The maximum atomic E-state index is 12.8. The van der Waals surface area contributed by atoms with Gasteiger partial charge in [-0.05, 0) is 45.4 Å². The average Bonchev–Trinajstić information content (AvgIpc) is 2.92. The van der Waals surface area contributed by atoms with Crippen LogP contribution in [0.3, 0.4) is 0 Å². The number of unbranched alkanes of at least 4 members (excludes halogenated alkanes) is 2. The number of nitrogens with zero attached hydrogens (tertiary/aromatic N) is 1. The first-order chi connectivity index (χ1) is 11.3. The predicted molar refractivity (Wildman–Crippen MR) is 99.3 cm³/mol. The van der Waals surface area contributed by atoms with Crippen molar-refractivity contribution in [3.63, 3.8) is 0 Å². The van der Waals surface area contributed by atoms with Gasteiger partial charge in [0, 0.05) is 17.5 Å². The molecular weight excluding hydrogens is 300 g/mol. The zero-order valence-corrected chi connectivity index (χ0v) is 16.7. The molecule has 138 valence electrons. The topological polar surface area (TPSA) is 55.1 Å². The summed E-state index contributed by atoms with van der Waals surface area (Å²) in [6.07, 6.45) is 7.67. The van der Waals surface area contributed by atoms with Crippen molar-refractivity contribution in [1.29, 1.82) is 0 Å². The van der Waals surface area contributed by atoms with Crippen molar-refractivity contribution in [1.82, 2.24) is 10.5 Å². The van der Waals surface area contributed by atoms with E-state index < -0.39 is 0 Å². The quantitative estimate of drug-likeness (QED) is 0.579. The molecule has 4 heteroatoms. The SMILES string of the molecule is CCCCCC(CC)(CC)C(C)(C)NC(=O)c1noc(CC)c1C. The first-order valence-electron chi connectivity index (χ1n) is 9.56. The fraction of sp³-hybridized carbons (Fsp3) is 0.800. The molecule has 1 aromatic rings. The van der Waals surface area contributed by atoms with Crippen LogP contribution in [0.1, 0.15) is 102 Å². The molecule has 0 aliphatic carbocycles. The summed E-state index contributed by atoms with van der Waals surface area (Å²) in [4.78, 5) is 12.8. The van der Waals surface area contributed by atoms with E-state index in [9.17, 15) is 4.79 Å². The Balaban J connectivity index is 2.98. The fourth-order valence-electron chi connectivity index (χ4n) is 3.90. The van der Waals surface area contributed by atoms with Crippen molar-refractivity contribution in [2.75, 3.05) is 0 Å². The minimum Gasteiger partial charge on any atom is -0.360 e. The van der Waals surface area contributed by atoms with Crippen molar-refractivity contribution in [3.8, 4) is 0 Å². The van der Waals surface area contributed by atoms with Crippen LogP contribution < -0.4 is 5.32 Å². The number of carbonyl (C=O) groups is 1. The highest BCUT2D eigenvalue weighted by Crippen LogP contribution is 2.43. The first kappa shape index (κ1) is 20.7. The van der Waals surface area contributed by atoms with Crippen LogP contribution in [0, 0.1) is 12.3 Å². The molecule has 0 aliphatic rings. The Morgan fingerprint density at radius 2 is 1.75 bits per heavy atom. The molecule has 1 heterocycles. The summed E-state index contributed by atoms with van der Waals surface area (Å²) in [6.45, 7) is 14.9. The summed E-state index contributed by atoms with van der Waals surface area (Å²) in [5.74, 6) is 0.667. The van der Waals surface area contributed by atoms with Crippen molar-refractivity contribution >= 4 is 5.91 Å². The number of nitrogens with one attached hydrogen (secondary N) is 1. The Morgan fingerprint density at radius 3 is 2.21 bits per heavy atom. The molecule has 0 radical (unpaired) electrons. The number of hydrogen-bond donors (Lipinski definition) is 1. The molecule has 1 rings (SSSR count). The van der Waals surface area contributed by atoms with E-state index in [0.29, 0.717) is 5.69 Å². The highest BCUT2D eigenvalue weighted by atomic mass is 16.5. The van der Waals surface area contributed by atoms with Gasteiger partial charge in [0.25, 0.3) is 5.91 Å². The molecule has 1 amide bonds. The summed E-state index contributed by atoms with van der Waals surface area (Å²) in [7, 11) is 0. The van der Waals surface area contributed by atoms with Gasteiger partial charge in [0.1, 0.15) is 5.76 Å². The maximum Gasteiger partial charge on any atom is 0.274 e. The maximum absolute atomic E-state index is 12.8. The van der Waals surface area contributed by atoms with Crippen LogP contribution >= 0.6 is 0 Å². The fourth-order valence-corrected chi connectivity index (χ4v) is 3.90. The van der Waals surface area contributed by atoms with Crippen LogP contribution in [-0.4, -0.2) is 16.6 Å². The average molecular weight is 337 g/mol. The summed E-state index contributed by atoms with van der Waals surface area (Å²) in [5.41, 5.74) is 1.09. The van der Waals surface area contributed by atoms with E-state index in [1.165, 1.54) is 19.3 Å². The second-order valence-electron chi connectivity index (χ2n) is 7.46. The molecule has 1 N–H and O–H groups in total. The van der Waals surface area contributed by atoms with Crippen LogP contribution in [0.5, 0.6) is 0 Å². The first-order valence-corrected chi connectivity index (χ1v) is 9.56. The van der Waals surface area contributed by atoms with E-state index in [2.05, 4.69) is 45.1 Å². The van der Waals surface area contributed by atoms with Crippen molar-refractivity contribution in [3.05, 3.63) is 17.0 Å². The number of aromatic nitrogens is 1. The molecule has 0 bridgehead atoms. The summed E-state index contributed by atoms with van der Waals surface area (Å²) < 4.78 is 5.29. The van der Waals surface area contributed by atoms with Gasteiger partial charge in [-0.1, -0.05) is 52.1 Å². The van der Waals surface area contributed by atoms with Gasteiger partial charge in [0.2, 0.25) is 0 Å². The molecular formula is C20H36N2O2. The minimum absolute atomic E-state index is 0.100. The van der Waals surface area contributed by atoms with Crippen LogP contribution in [0.4, 0.5) is 0 Å². The van der Waals surface area contributed by atoms with E-state index >= 15 is 0 Å². The van der Waals surface area contributed by atoms with Gasteiger partial charge >= 0.3 is 0 Å². The number of hydrogen-bond acceptors (Lipinski definition) is 3. The van der Waals surface area contributed by atoms with E-state index in [4.69, 9.17) is 4.52 Å². The van der Waals surface area contributed by atoms with Gasteiger partial charge in [-0.2, -0.15) is 0 Å². The van der Waals surface area contributed by atoms with E-state index in [-0.39, 0.29) is 16.9 Å². The van der Waals surface area contributed by atoms with Crippen LogP contribution in [0.2, 0.25) is 0 Å². The lowest BCUT2D eigenvalue weighted by molar-refractivity contribution is 0.0621. The highest BCUT2D eigenvalue weighted by Gasteiger charge is 2.43. The molecule has 0 saturated carbocycles. The number of amides is 1. The van der Waals surface area contributed by atoms with Gasteiger partial charge < -0.3 is 9.84 Å².